The molecule has 0 N–H and O–H groups in total. The summed E-state index contributed by atoms with van der Waals surface area (Å²) in [5.41, 5.74) is 0. The topological polar surface area (TPSA) is 0 Å². The van der Waals surface area contributed by atoms with Crippen molar-refractivity contribution in [2.24, 2.45) is 47.3 Å². The predicted molar refractivity (Wildman–Crippen MR) is 206 cm³/mol. The standard InChI is InChI=1S/C16H32.2C10H22.C5H12.C2H6/c1-5-8-14(7-3)16-11-9-15(10-12-16)13(4)6-2;1-5-7-8-10(6-2)9(3)4;1-4-5-6-7-8-9-10(2)3;1-4-5(2)3;1-2/h13-16H,5-12H2,1-4H3;9-10H,5-8H2,1-4H3;10H,4-9H2,1-3H3;5H,4H2,1-3H3;1-2H3. The number of rotatable bonds is 18. The summed E-state index contributed by atoms with van der Waals surface area (Å²) in [5, 5.41) is 0. The first kappa shape index (κ1) is 49.9. The van der Waals surface area contributed by atoms with Gasteiger partial charge in [-0.25, -0.2) is 0 Å². The molecule has 0 saturated heterocycles. The Hall–Kier alpha value is 0. The molecule has 1 saturated carbocycles. The average Bonchev–Trinajstić information content (AvgIpc) is 3.01. The van der Waals surface area contributed by atoms with Crippen LogP contribution in [0.5, 0.6) is 0 Å². The van der Waals surface area contributed by atoms with Gasteiger partial charge in [0.15, 0.2) is 0 Å². The average molecular weight is 611 g/mol. The van der Waals surface area contributed by atoms with Crippen molar-refractivity contribution in [1.29, 1.82) is 0 Å². The largest absolute Gasteiger partial charge is 0.0683 e. The van der Waals surface area contributed by atoms with Crippen LogP contribution in [0.3, 0.4) is 0 Å². The van der Waals surface area contributed by atoms with Crippen LogP contribution in [-0.2, 0) is 0 Å². The van der Waals surface area contributed by atoms with Gasteiger partial charge in [0.05, 0.1) is 0 Å². The van der Waals surface area contributed by atoms with E-state index < -0.39 is 0 Å². The van der Waals surface area contributed by atoms with E-state index in [2.05, 4.69) is 96.9 Å². The lowest BCUT2D eigenvalue weighted by Gasteiger charge is -2.35. The van der Waals surface area contributed by atoms with Gasteiger partial charge in [0.25, 0.3) is 0 Å². The fraction of sp³-hybridized carbons (Fsp3) is 1.00. The molecule has 266 valence electrons. The van der Waals surface area contributed by atoms with Gasteiger partial charge in [-0.1, -0.05) is 207 Å². The van der Waals surface area contributed by atoms with Crippen LogP contribution in [-0.4, -0.2) is 0 Å². The Morgan fingerprint density at radius 2 is 0.930 bits per heavy atom. The van der Waals surface area contributed by atoms with E-state index in [4.69, 9.17) is 0 Å². The smallest absolute Gasteiger partial charge is 0.0386 e. The quantitative estimate of drug-likeness (QED) is 0.135. The summed E-state index contributed by atoms with van der Waals surface area (Å²) in [5.74, 6) is 7.74. The van der Waals surface area contributed by atoms with Crippen molar-refractivity contribution in [3.8, 4) is 0 Å². The first-order chi connectivity index (χ1) is 20.5. The van der Waals surface area contributed by atoms with Gasteiger partial charge in [-0.05, 0) is 73.0 Å². The van der Waals surface area contributed by atoms with Crippen molar-refractivity contribution in [3.63, 3.8) is 0 Å². The van der Waals surface area contributed by atoms with E-state index in [1.807, 2.05) is 13.8 Å². The number of unbranched alkanes of at least 4 members (excludes halogenated alkanes) is 5. The lowest BCUT2D eigenvalue weighted by Crippen LogP contribution is -2.24. The Bertz CT molecular complexity index is 453. The predicted octanol–water partition coefficient (Wildman–Crippen LogP) is 16.6. The van der Waals surface area contributed by atoms with E-state index in [1.165, 1.54) is 122 Å². The minimum Gasteiger partial charge on any atom is -0.0683 e. The van der Waals surface area contributed by atoms with Crippen LogP contribution in [0, 0.1) is 47.3 Å². The summed E-state index contributed by atoms with van der Waals surface area (Å²) in [6, 6.07) is 0. The highest BCUT2D eigenvalue weighted by Gasteiger charge is 2.28. The summed E-state index contributed by atoms with van der Waals surface area (Å²) in [6.45, 7) is 36.3. The van der Waals surface area contributed by atoms with Crippen molar-refractivity contribution in [2.45, 2.75) is 233 Å². The molecule has 0 heterocycles. The Kier molecular flexibility index (Phi) is 44.3. The first-order valence-electron chi connectivity index (χ1n) is 20.5. The van der Waals surface area contributed by atoms with E-state index in [0.29, 0.717) is 0 Å². The van der Waals surface area contributed by atoms with E-state index in [-0.39, 0.29) is 0 Å². The molecule has 3 atom stereocenters. The molecule has 1 aliphatic rings. The summed E-state index contributed by atoms with van der Waals surface area (Å²) in [6.07, 6.45) is 27.1. The Morgan fingerprint density at radius 3 is 1.28 bits per heavy atom. The second kappa shape index (κ2) is 38.2. The molecule has 1 fully saturated rings. The molecule has 0 bridgehead atoms. The third-order valence-electron chi connectivity index (χ3n) is 10.2. The van der Waals surface area contributed by atoms with Crippen molar-refractivity contribution in [3.05, 3.63) is 0 Å². The Morgan fingerprint density at radius 1 is 0.442 bits per heavy atom. The SMILES string of the molecule is CC.CCC(C)C.CCCC(CC)C1CCC(C(C)CC)CC1.CCCCC(CC)C(C)C.CCCCCCCC(C)C. The molecule has 0 spiro atoms. The van der Waals surface area contributed by atoms with Crippen molar-refractivity contribution in [2.75, 3.05) is 0 Å². The lowest BCUT2D eigenvalue weighted by atomic mass is 9.70. The zero-order chi connectivity index (χ0) is 34.1. The van der Waals surface area contributed by atoms with Gasteiger partial charge in [0.1, 0.15) is 0 Å². The van der Waals surface area contributed by atoms with Gasteiger partial charge < -0.3 is 0 Å². The molecular formula is C43H94. The normalized spacial score (nSPS) is 18.2. The lowest BCUT2D eigenvalue weighted by molar-refractivity contribution is 0.158. The molecule has 0 aromatic heterocycles. The molecule has 1 aliphatic carbocycles. The molecular weight excluding hydrogens is 516 g/mol. The van der Waals surface area contributed by atoms with Crippen molar-refractivity contribution < 1.29 is 0 Å². The van der Waals surface area contributed by atoms with E-state index in [9.17, 15) is 0 Å². The second-order valence-corrected chi connectivity index (χ2v) is 15.0. The Labute approximate surface area is 279 Å². The summed E-state index contributed by atoms with van der Waals surface area (Å²) in [4.78, 5) is 0. The highest BCUT2D eigenvalue weighted by molar-refractivity contribution is 4.79. The minimum atomic E-state index is 0.884. The third kappa shape index (κ3) is 34.7. The van der Waals surface area contributed by atoms with Gasteiger partial charge in [-0.15, -0.1) is 0 Å². The van der Waals surface area contributed by atoms with Crippen LogP contribution in [0.25, 0.3) is 0 Å². The van der Waals surface area contributed by atoms with Gasteiger partial charge in [-0.3, -0.25) is 0 Å². The van der Waals surface area contributed by atoms with Crippen LogP contribution >= 0.6 is 0 Å². The molecule has 43 heavy (non-hydrogen) atoms. The van der Waals surface area contributed by atoms with Gasteiger partial charge in [0.2, 0.25) is 0 Å². The molecule has 0 radical (unpaired) electrons. The molecule has 1 rings (SSSR count). The zero-order valence-electron chi connectivity index (χ0n) is 34.1. The molecule has 0 nitrogen and oxygen atoms in total. The maximum Gasteiger partial charge on any atom is -0.0386 e. The molecule has 0 aromatic rings. The maximum absolute atomic E-state index is 2.45. The van der Waals surface area contributed by atoms with Crippen LogP contribution in [0.15, 0.2) is 0 Å². The van der Waals surface area contributed by atoms with E-state index in [1.54, 1.807) is 0 Å². The number of hydrogen-bond donors (Lipinski definition) is 0. The fourth-order valence-electron chi connectivity index (χ4n) is 6.29. The highest BCUT2D eigenvalue weighted by Crippen LogP contribution is 2.39. The van der Waals surface area contributed by atoms with E-state index >= 15 is 0 Å². The second-order valence-electron chi connectivity index (χ2n) is 15.0. The van der Waals surface area contributed by atoms with Crippen LogP contribution in [0.4, 0.5) is 0 Å². The molecule has 0 heteroatoms. The van der Waals surface area contributed by atoms with Gasteiger partial charge in [0, 0.05) is 0 Å². The minimum absolute atomic E-state index is 0.884. The highest BCUT2D eigenvalue weighted by atomic mass is 14.3. The van der Waals surface area contributed by atoms with E-state index in [0.717, 1.165) is 47.3 Å². The molecule has 3 unspecified atom stereocenters. The first-order valence-corrected chi connectivity index (χ1v) is 20.5. The van der Waals surface area contributed by atoms with Crippen LogP contribution in [0.2, 0.25) is 0 Å². The third-order valence-corrected chi connectivity index (χ3v) is 10.2. The van der Waals surface area contributed by atoms with Gasteiger partial charge in [-0.2, -0.15) is 0 Å². The molecule has 0 aliphatic heterocycles. The van der Waals surface area contributed by atoms with Gasteiger partial charge >= 0.3 is 0 Å². The van der Waals surface area contributed by atoms with Crippen LogP contribution < -0.4 is 0 Å². The number of hydrogen-bond acceptors (Lipinski definition) is 0. The Balaban J connectivity index is -0.000000247. The van der Waals surface area contributed by atoms with Crippen LogP contribution in [0.1, 0.15) is 233 Å². The summed E-state index contributed by atoms with van der Waals surface area (Å²) < 4.78 is 0. The monoisotopic (exact) mass is 611 g/mol. The molecule has 0 aromatic carbocycles. The summed E-state index contributed by atoms with van der Waals surface area (Å²) >= 11 is 0. The zero-order valence-corrected chi connectivity index (χ0v) is 34.1. The van der Waals surface area contributed by atoms with Crippen molar-refractivity contribution >= 4 is 0 Å². The van der Waals surface area contributed by atoms with Crippen molar-refractivity contribution in [1.82, 2.24) is 0 Å². The maximum atomic E-state index is 2.45. The fourth-order valence-corrected chi connectivity index (χ4v) is 6.29. The summed E-state index contributed by atoms with van der Waals surface area (Å²) in [7, 11) is 0. The molecule has 0 amide bonds.